The van der Waals surface area contributed by atoms with E-state index in [0.29, 0.717) is 0 Å². The van der Waals surface area contributed by atoms with Crippen LogP contribution in [-0.2, 0) is 0 Å². The van der Waals surface area contributed by atoms with Gasteiger partial charge in [-0.15, -0.1) is 0 Å². The zero-order valence-corrected chi connectivity index (χ0v) is 35.9. The first-order chi connectivity index (χ1) is 32.7. The fourth-order valence-electron chi connectivity index (χ4n) is 9.26. The van der Waals surface area contributed by atoms with Crippen molar-refractivity contribution in [3.05, 3.63) is 249 Å². The number of anilines is 6. The van der Waals surface area contributed by atoms with Crippen molar-refractivity contribution in [2.24, 2.45) is 0 Å². The van der Waals surface area contributed by atoms with Gasteiger partial charge in [0.2, 0.25) is 0 Å². The lowest BCUT2D eigenvalue weighted by atomic mass is 9.93. The topological polar surface area (TPSA) is 45.2 Å². The highest BCUT2D eigenvalue weighted by Gasteiger charge is 2.18. The molecule has 0 saturated heterocycles. The molecule has 0 bridgehead atoms. The van der Waals surface area contributed by atoms with Crippen LogP contribution >= 0.6 is 0 Å². The molecule has 2 aromatic heterocycles. The SMILES string of the molecule is c1ccc(N(c2ccccc2)c2ccc(-c3ccc4c(c3)c3cc(-c5ccc(N(c6ccccc6)c6ccccc6)cc5)ccc3c3nc5cc(-c6cccnc6)ccc5nc43)cc2)cc1. The maximum atomic E-state index is 5.40. The third-order valence-corrected chi connectivity index (χ3v) is 12.5. The number of benzene rings is 10. The Balaban J connectivity index is 0.999. The lowest BCUT2D eigenvalue weighted by Crippen LogP contribution is -2.09. The van der Waals surface area contributed by atoms with E-state index >= 15 is 0 Å². The predicted octanol–water partition coefficient (Wildman–Crippen LogP) is 16.4. The number of hydrogen-bond donors (Lipinski definition) is 0. The van der Waals surface area contributed by atoms with Gasteiger partial charge in [-0.25, -0.2) is 9.97 Å². The lowest BCUT2D eigenvalue weighted by molar-refractivity contribution is 1.28. The molecule has 0 unspecified atom stereocenters. The molecule has 0 aliphatic rings. The first kappa shape index (κ1) is 38.7. The van der Waals surface area contributed by atoms with Crippen LogP contribution in [0.15, 0.2) is 249 Å². The van der Waals surface area contributed by atoms with Gasteiger partial charge in [0.1, 0.15) is 0 Å². The number of aromatic nitrogens is 3. The Kier molecular flexibility index (Phi) is 9.77. The van der Waals surface area contributed by atoms with E-state index in [1.807, 2.05) is 12.3 Å². The molecule has 0 atom stereocenters. The van der Waals surface area contributed by atoms with Crippen LogP contribution in [0.25, 0.3) is 77.0 Å². The summed E-state index contributed by atoms with van der Waals surface area (Å²) >= 11 is 0. The summed E-state index contributed by atoms with van der Waals surface area (Å²) in [7, 11) is 0. The molecule has 0 spiro atoms. The van der Waals surface area contributed by atoms with Crippen LogP contribution in [0.4, 0.5) is 34.1 Å². The summed E-state index contributed by atoms with van der Waals surface area (Å²) in [5.74, 6) is 0. The summed E-state index contributed by atoms with van der Waals surface area (Å²) in [6, 6.07) is 83.8. The van der Waals surface area contributed by atoms with Gasteiger partial charge in [0, 0.05) is 62.9 Å². The quantitative estimate of drug-likeness (QED) is 0.107. The summed E-state index contributed by atoms with van der Waals surface area (Å²) < 4.78 is 0. The highest BCUT2D eigenvalue weighted by molar-refractivity contribution is 6.25. The third kappa shape index (κ3) is 7.15. The van der Waals surface area contributed by atoms with Gasteiger partial charge in [0.05, 0.1) is 22.1 Å². The van der Waals surface area contributed by atoms with Gasteiger partial charge >= 0.3 is 0 Å². The largest absolute Gasteiger partial charge is 0.311 e. The van der Waals surface area contributed by atoms with Crippen molar-refractivity contribution in [1.82, 2.24) is 15.0 Å². The monoisotopic (exact) mass is 843 g/mol. The number of fused-ring (bicyclic) bond motifs is 7. The molecule has 12 aromatic rings. The Labute approximate surface area is 383 Å². The van der Waals surface area contributed by atoms with E-state index in [-0.39, 0.29) is 0 Å². The normalized spacial score (nSPS) is 11.3. The molecule has 0 fully saturated rings. The molecule has 0 saturated carbocycles. The Bertz CT molecular complexity index is 3580. The van der Waals surface area contributed by atoms with Crippen LogP contribution in [0.5, 0.6) is 0 Å². The fraction of sp³-hybridized carbons (Fsp3) is 0. The molecule has 310 valence electrons. The van der Waals surface area contributed by atoms with Gasteiger partial charge in [0.15, 0.2) is 0 Å². The van der Waals surface area contributed by atoms with E-state index < -0.39 is 0 Å². The molecule has 0 radical (unpaired) electrons. The van der Waals surface area contributed by atoms with Crippen LogP contribution in [0.3, 0.4) is 0 Å². The Morgan fingerprint density at radius 3 is 1.06 bits per heavy atom. The first-order valence-electron chi connectivity index (χ1n) is 22.2. The predicted molar refractivity (Wildman–Crippen MR) is 276 cm³/mol. The van der Waals surface area contributed by atoms with Crippen molar-refractivity contribution in [3.8, 4) is 33.4 Å². The van der Waals surface area contributed by atoms with Gasteiger partial charge in [-0.3, -0.25) is 4.98 Å². The minimum atomic E-state index is 0.849. The molecule has 5 nitrogen and oxygen atoms in total. The van der Waals surface area contributed by atoms with Crippen LogP contribution in [0, 0.1) is 0 Å². The van der Waals surface area contributed by atoms with Crippen molar-refractivity contribution in [3.63, 3.8) is 0 Å². The van der Waals surface area contributed by atoms with Crippen molar-refractivity contribution in [2.45, 2.75) is 0 Å². The number of pyridine rings is 1. The average molecular weight is 844 g/mol. The van der Waals surface area contributed by atoms with Crippen LogP contribution in [-0.4, -0.2) is 15.0 Å². The van der Waals surface area contributed by atoms with Crippen LogP contribution in [0.2, 0.25) is 0 Å². The van der Waals surface area contributed by atoms with Crippen LogP contribution < -0.4 is 9.80 Å². The summed E-state index contributed by atoms with van der Waals surface area (Å²) in [6.45, 7) is 0. The second-order valence-electron chi connectivity index (χ2n) is 16.5. The molecule has 12 rings (SSSR count). The summed E-state index contributed by atoms with van der Waals surface area (Å²) in [5, 5.41) is 4.39. The van der Waals surface area contributed by atoms with E-state index in [1.165, 1.54) is 0 Å². The van der Waals surface area contributed by atoms with E-state index in [4.69, 9.17) is 9.97 Å². The fourth-order valence-corrected chi connectivity index (χ4v) is 9.26. The Hall–Kier alpha value is -8.93. The maximum absolute atomic E-state index is 5.40. The summed E-state index contributed by atoms with van der Waals surface area (Å²) in [4.78, 5) is 19.7. The number of hydrogen-bond acceptors (Lipinski definition) is 5. The first-order valence-corrected chi connectivity index (χ1v) is 22.2. The molecule has 2 heterocycles. The number of rotatable bonds is 9. The van der Waals surface area contributed by atoms with Crippen molar-refractivity contribution in [2.75, 3.05) is 9.80 Å². The molecule has 10 aromatic carbocycles. The lowest BCUT2D eigenvalue weighted by Gasteiger charge is -2.25. The van der Waals surface area contributed by atoms with Gasteiger partial charge < -0.3 is 9.80 Å². The van der Waals surface area contributed by atoms with Gasteiger partial charge in [-0.05, 0) is 142 Å². The molecular weight excluding hydrogens is 803 g/mol. The average Bonchev–Trinajstić information content (AvgIpc) is 3.40. The maximum Gasteiger partial charge on any atom is 0.0979 e. The second-order valence-corrected chi connectivity index (χ2v) is 16.5. The highest BCUT2D eigenvalue weighted by Crippen LogP contribution is 2.41. The van der Waals surface area contributed by atoms with Gasteiger partial charge in [-0.1, -0.05) is 133 Å². The zero-order chi connectivity index (χ0) is 43.8. The van der Waals surface area contributed by atoms with Crippen LogP contribution in [0.1, 0.15) is 0 Å². The second kappa shape index (κ2) is 16.6. The van der Waals surface area contributed by atoms with E-state index in [2.05, 4.69) is 245 Å². The molecule has 0 aliphatic heterocycles. The summed E-state index contributed by atoms with van der Waals surface area (Å²) in [6.07, 6.45) is 3.69. The molecule has 5 heteroatoms. The van der Waals surface area contributed by atoms with Crippen molar-refractivity contribution >= 4 is 77.7 Å². The minimum Gasteiger partial charge on any atom is -0.311 e. The molecular formula is C61H41N5. The van der Waals surface area contributed by atoms with E-state index in [1.54, 1.807) is 6.20 Å². The Morgan fingerprint density at radius 2 is 0.636 bits per heavy atom. The van der Waals surface area contributed by atoms with Crippen molar-refractivity contribution in [1.29, 1.82) is 0 Å². The standard InChI is InChI=1S/C61H41N5/c1-5-15-48(16-6-1)65(49-17-7-2-8-18-49)52-30-23-42(24-31-52)44-27-34-54-56(38-44)57-39-45(43-25-32-53(33-26-43)66(50-19-9-3-10-20-50)51-21-11-4-12-22-51)28-35-55(57)61-60(54)63-58-36-29-46(40-59(58)64-61)47-14-13-37-62-41-47/h1-41H. The van der Waals surface area contributed by atoms with Crippen molar-refractivity contribution < 1.29 is 0 Å². The molecule has 0 N–H and O–H groups in total. The zero-order valence-electron chi connectivity index (χ0n) is 35.9. The molecule has 0 aliphatic carbocycles. The molecule has 0 amide bonds. The highest BCUT2D eigenvalue weighted by atomic mass is 15.1. The van der Waals surface area contributed by atoms with Gasteiger partial charge in [0.25, 0.3) is 0 Å². The van der Waals surface area contributed by atoms with Gasteiger partial charge in [-0.2, -0.15) is 0 Å². The number of nitrogens with zero attached hydrogens (tertiary/aromatic N) is 5. The number of para-hydroxylation sites is 4. The van der Waals surface area contributed by atoms with E-state index in [0.717, 1.165) is 111 Å². The van der Waals surface area contributed by atoms with E-state index in [9.17, 15) is 0 Å². The molecule has 66 heavy (non-hydrogen) atoms. The third-order valence-electron chi connectivity index (χ3n) is 12.5. The minimum absolute atomic E-state index is 0.849. The Morgan fingerprint density at radius 1 is 0.258 bits per heavy atom. The summed E-state index contributed by atoms with van der Waals surface area (Å²) in [5.41, 5.74) is 16.7. The smallest absolute Gasteiger partial charge is 0.0979 e.